The third-order valence-corrected chi connectivity index (χ3v) is 4.62. The summed E-state index contributed by atoms with van der Waals surface area (Å²) >= 11 is 0. The summed E-state index contributed by atoms with van der Waals surface area (Å²) in [6.45, 7) is 2.67. The van der Waals surface area contributed by atoms with Crippen LogP contribution < -0.4 is 15.4 Å². The van der Waals surface area contributed by atoms with E-state index in [-0.39, 0.29) is 0 Å². The van der Waals surface area contributed by atoms with Gasteiger partial charge in [-0.15, -0.1) is 0 Å². The molecule has 0 aliphatic carbocycles. The van der Waals surface area contributed by atoms with Gasteiger partial charge < -0.3 is 15.4 Å². The summed E-state index contributed by atoms with van der Waals surface area (Å²) in [5.41, 5.74) is 3.86. The van der Waals surface area contributed by atoms with E-state index in [2.05, 4.69) is 31.7 Å². The van der Waals surface area contributed by atoms with Crippen LogP contribution in [-0.2, 0) is 6.42 Å². The van der Waals surface area contributed by atoms with E-state index in [4.69, 9.17) is 4.74 Å². The largest absolute Gasteiger partial charge is 0.496 e. The summed E-state index contributed by atoms with van der Waals surface area (Å²) in [5.74, 6) is 2.22. The normalized spacial score (nSPS) is 10.7. The molecule has 2 aromatic heterocycles. The fourth-order valence-corrected chi connectivity index (χ4v) is 3.27. The fourth-order valence-electron chi connectivity index (χ4n) is 3.27. The molecule has 0 amide bonds. The van der Waals surface area contributed by atoms with Gasteiger partial charge in [0.15, 0.2) is 0 Å². The van der Waals surface area contributed by atoms with Crippen molar-refractivity contribution >= 4 is 28.4 Å². The van der Waals surface area contributed by atoms with E-state index in [0.717, 1.165) is 45.8 Å². The van der Waals surface area contributed by atoms with E-state index in [1.54, 1.807) is 13.3 Å². The van der Waals surface area contributed by atoms with Crippen LogP contribution in [0.1, 0.15) is 11.3 Å². The minimum Gasteiger partial charge on any atom is -0.496 e. The third-order valence-electron chi connectivity index (χ3n) is 4.62. The Bertz CT molecular complexity index is 1120. The van der Waals surface area contributed by atoms with Gasteiger partial charge in [0.2, 0.25) is 5.95 Å². The van der Waals surface area contributed by atoms with Crippen molar-refractivity contribution in [3.63, 3.8) is 0 Å². The van der Waals surface area contributed by atoms with Crippen LogP contribution in [0.3, 0.4) is 0 Å². The molecular formula is C23H23N5O. The van der Waals surface area contributed by atoms with Crippen LogP contribution in [0, 0.1) is 6.92 Å². The Hall–Kier alpha value is -3.67. The second-order valence-electron chi connectivity index (χ2n) is 6.71. The average Bonchev–Trinajstić information content (AvgIpc) is 2.74. The molecule has 29 heavy (non-hydrogen) atoms. The topological polar surface area (TPSA) is 72.0 Å². The molecule has 0 fully saturated rings. The zero-order chi connectivity index (χ0) is 20.1. The summed E-state index contributed by atoms with van der Waals surface area (Å²) in [7, 11) is 1.69. The highest BCUT2D eigenvalue weighted by Gasteiger charge is 2.07. The van der Waals surface area contributed by atoms with Crippen molar-refractivity contribution in [3.05, 3.63) is 78.1 Å². The van der Waals surface area contributed by atoms with E-state index < -0.39 is 0 Å². The van der Waals surface area contributed by atoms with Crippen molar-refractivity contribution in [1.29, 1.82) is 0 Å². The number of aryl methyl sites for hydroxylation is 1. The summed E-state index contributed by atoms with van der Waals surface area (Å²) < 4.78 is 5.41. The number of fused-ring (bicyclic) bond motifs is 1. The van der Waals surface area contributed by atoms with Crippen LogP contribution in [0.5, 0.6) is 5.75 Å². The number of ether oxygens (including phenoxy) is 1. The number of methoxy groups -OCH3 is 1. The number of benzene rings is 2. The quantitative estimate of drug-likeness (QED) is 0.479. The van der Waals surface area contributed by atoms with Crippen LogP contribution >= 0.6 is 0 Å². The van der Waals surface area contributed by atoms with Gasteiger partial charge >= 0.3 is 0 Å². The molecule has 0 spiro atoms. The number of para-hydroxylation sites is 2. The molecule has 2 N–H and O–H groups in total. The first kappa shape index (κ1) is 18.7. The lowest BCUT2D eigenvalue weighted by Crippen LogP contribution is -2.10. The van der Waals surface area contributed by atoms with Gasteiger partial charge in [-0.3, -0.25) is 4.98 Å². The molecule has 0 aliphatic heterocycles. The number of aromatic nitrogens is 3. The number of hydrogen-bond donors (Lipinski definition) is 2. The molecule has 2 aromatic carbocycles. The van der Waals surface area contributed by atoms with Crippen molar-refractivity contribution in [2.75, 3.05) is 24.3 Å². The van der Waals surface area contributed by atoms with Crippen molar-refractivity contribution in [2.24, 2.45) is 0 Å². The van der Waals surface area contributed by atoms with E-state index in [9.17, 15) is 0 Å². The van der Waals surface area contributed by atoms with E-state index in [1.165, 1.54) is 0 Å². The summed E-state index contributed by atoms with van der Waals surface area (Å²) in [6, 6.07) is 20.0. The minimum atomic E-state index is 0.593. The smallest absolute Gasteiger partial charge is 0.224 e. The molecule has 146 valence electrons. The van der Waals surface area contributed by atoms with E-state index in [1.807, 2.05) is 61.5 Å². The molecule has 0 bridgehead atoms. The summed E-state index contributed by atoms with van der Waals surface area (Å²) in [5, 5.41) is 7.78. The molecule has 0 aliphatic rings. The molecule has 0 unspecified atom stereocenters. The van der Waals surface area contributed by atoms with Crippen molar-refractivity contribution in [1.82, 2.24) is 15.0 Å². The number of pyridine rings is 1. The second kappa shape index (κ2) is 8.56. The number of anilines is 3. The van der Waals surface area contributed by atoms with Crippen molar-refractivity contribution in [2.45, 2.75) is 13.3 Å². The maximum atomic E-state index is 5.41. The maximum absolute atomic E-state index is 5.41. The lowest BCUT2D eigenvalue weighted by atomic mass is 10.1. The Morgan fingerprint density at radius 3 is 2.72 bits per heavy atom. The lowest BCUT2D eigenvalue weighted by molar-refractivity contribution is 0.410. The highest BCUT2D eigenvalue weighted by molar-refractivity contribution is 5.91. The van der Waals surface area contributed by atoms with Gasteiger partial charge in [0, 0.05) is 29.9 Å². The van der Waals surface area contributed by atoms with E-state index >= 15 is 0 Å². The predicted molar refractivity (Wildman–Crippen MR) is 117 cm³/mol. The molecule has 0 saturated heterocycles. The Kier molecular flexibility index (Phi) is 5.52. The Labute approximate surface area is 170 Å². The van der Waals surface area contributed by atoms with Gasteiger partial charge in [0.25, 0.3) is 0 Å². The first-order valence-electron chi connectivity index (χ1n) is 9.55. The van der Waals surface area contributed by atoms with Gasteiger partial charge in [0.05, 0.1) is 18.3 Å². The molecule has 0 atom stereocenters. The first-order chi connectivity index (χ1) is 14.2. The number of nitrogens with zero attached hydrogens (tertiary/aromatic N) is 3. The molecular weight excluding hydrogens is 362 g/mol. The Morgan fingerprint density at radius 1 is 0.966 bits per heavy atom. The maximum Gasteiger partial charge on any atom is 0.224 e. The van der Waals surface area contributed by atoms with E-state index in [0.29, 0.717) is 12.5 Å². The Balaban J connectivity index is 1.49. The highest BCUT2D eigenvalue weighted by atomic mass is 16.5. The van der Waals surface area contributed by atoms with Crippen LogP contribution in [0.4, 0.5) is 17.5 Å². The van der Waals surface area contributed by atoms with Crippen LogP contribution in [0.15, 0.2) is 66.9 Å². The standard InChI is InChI=1S/C23H23N5O/c1-16-15-21(27-19-10-5-8-18-9-6-13-24-22(18)19)28-23(26-16)25-14-12-17-7-3-4-11-20(17)29-2/h3-11,13,15H,12,14H2,1-2H3,(H2,25,26,27,28). The zero-order valence-electron chi connectivity index (χ0n) is 16.5. The number of nitrogens with one attached hydrogen (secondary N) is 2. The summed E-state index contributed by atoms with van der Waals surface area (Å²) in [6.07, 6.45) is 2.61. The van der Waals surface area contributed by atoms with Gasteiger partial charge in [-0.25, -0.2) is 4.98 Å². The number of rotatable bonds is 7. The summed E-state index contributed by atoms with van der Waals surface area (Å²) in [4.78, 5) is 13.6. The van der Waals surface area contributed by atoms with Gasteiger partial charge in [-0.05, 0) is 37.1 Å². The van der Waals surface area contributed by atoms with Crippen molar-refractivity contribution in [3.8, 4) is 5.75 Å². The fraction of sp³-hybridized carbons (Fsp3) is 0.174. The van der Waals surface area contributed by atoms with Gasteiger partial charge in [-0.1, -0.05) is 36.4 Å². The average molecular weight is 385 g/mol. The number of hydrogen-bond acceptors (Lipinski definition) is 6. The Morgan fingerprint density at radius 2 is 1.83 bits per heavy atom. The molecule has 0 radical (unpaired) electrons. The van der Waals surface area contributed by atoms with Crippen LogP contribution in [-0.4, -0.2) is 28.6 Å². The SMILES string of the molecule is COc1ccccc1CCNc1nc(C)cc(Nc2cccc3cccnc23)n1. The first-order valence-corrected chi connectivity index (χ1v) is 9.55. The highest BCUT2D eigenvalue weighted by Crippen LogP contribution is 2.24. The molecule has 6 nitrogen and oxygen atoms in total. The monoisotopic (exact) mass is 385 g/mol. The van der Waals surface area contributed by atoms with Crippen LogP contribution in [0.2, 0.25) is 0 Å². The molecule has 2 heterocycles. The van der Waals surface area contributed by atoms with Gasteiger partial charge in [0.1, 0.15) is 11.6 Å². The van der Waals surface area contributed by atoms with Crippen molar-refractivity contribution < 1.29 is 4.74 Å². The lowest BCUT2D eigenvalue weighted by Gasteiger charge is -2.12. The zero-order valence-corrected chi connectivity index (χ0v) is 16.5. The molecule has 6 heteroatoms. The minimum absolute atomic E-state index is 0.593. The van der Waals surface area contributed by atoms with Crippen LogP contribution in [0.25, 0.3) is 10.9 Å². The third kappa shape index (κ3) is 4.43. The molecule has 4 rings (SSSR count). The predicted octanol–water partition coefficient (Wildman–Crippen LogP) is 4.74. The molecule has 0 saturated carbocycles. The second-order valence-corrected chi connectivity index (χ2v) is 6.71. The van der Waals surface area contributed by atoms with Gasteiger partial charge in [-0.2, -0.15) is 4.98 Å². The molecule has 4 aromatic rings.